The molecule has 0 aromatic carbocycles. The second-order valence-electron chi connectivity index (χ2n) is 8.85. The summed E-state index contributed by atoms with van der Waals surface area (Å²) in [6.07, 6.45) is 6.37. The SMILES string of the molecule is COC(=O)[C@H]1CC[C@H]2C(CC#N)C([C@@]3(C)CCC(O)=CC3=O)CC[C@]12C. The molecule has 3 aliphatic rings. The molecule has 0 amide bonds. The van der Waals surface area contributed by atoms with Gasteiger partial charge in [0, 0.05) is 24.3 Å². The number of carbonyl (C=O) groups excluding carboxylic acids is 2. The number of hydrogen-bond acceptors (Lipinski definition) is 5. The molecule has 0 heterocycles. The van der Waals surface area contributed by atoms with Crippen molar-refractivity contribution in [3.63, 3.8) is 0 Å². The zero-order valence-electron chi connectivity index (χ0n) is 16.0. The topological polar surface area (TPSA) is 87.4 Å². The van der Waals surface area contributed by atoms with Gasteiger partial charge in [0.15, 0.2) is 5.78 Å². The van der Waals surface area contributed by atoms with Crippen LogP contribution in [0.5, 0.6) is 0 Å². The molecule has 6 atom stereocenters. The van der Waals surface area contributed by atoms with Crippen molar-refractivity contribution in [1.29, 1.82) is 5.26 Å². The minimum absolute atomic E-state index is 0.0136. The van der Waals surface area contributed by atoms with Gasteiger partial charge in [-0.05, 0) is 55.3 Å². The van der Waals surface area contributed by atoms with Crippen LogP contribution in [0.1, 0.15) is 58.8 Å². The van der Waals surface area contributed by atoms with Crippen molar-refractivity contribution in [3.8, 4) is 6.07 Å². The molecule has 142 valence electrons. The first-order valence-electron chi connectivity index (χ1n) is 9.66. The van der Waals surface area contributed by atoms with E-state index in [9.17, 15) is 20.0 Å². The van der Waals surface area contributed by atoms with E-state index in [2.05, 4.69) is 13.0 Å². The number of fused-ring (bicyclic) bond motifs is 1. The lowest BCUT2D eigenvalue weighted by atomic mass is 9.50. The predicted octanol–water partition coefficient (Wildman–Crippen LogP) is 3.94. The summed E-state index contributed by atoms with van der Waals surface area (Å²) in [5.41, 5.74) is -0.685. The molecule has 3 rings (SSSR count). The van der Waals surface area contributed by atoms with E-state index < -0.39 is 5.41 Å². The van der Waals surface area contributed by atoms with E-state index >= 15 is 0 Å². The number of nitriles is 1. The molecule has 0 spiro atoms. The van der Waals surface area contributed by atoms with Gasteiger partial charge in [0.2, 0.25) is 0 Å². The lowest BCUT2D eigenvalue weighted by Crippen LogP contribution is -2.50. The average molecular weight is 359 g/mol. The van der Waals surface area contributed by atoms with E-state index in [4.69, 9.17) is 4.74 Å². The molecule has 26 heavy (non-hydrogen) atoms. The van der Waals surface area contributed by atoms with Crippen molar-refractivity contribution in [2.24, 2.45) is 34.5 Å². The Morgan fingerprint density at radius 2 is 2.04 bits per heavy atom. The first kappa shape index (κ1) is 18.9. The molecular weight excluding hydrogens is 330 g/mol. The highest BCUT2D eigenvalue weighted by Crippen LogP contribution is 2.63. The van der Waals surface area contributed by atoms with E-state index in [-0.39, 0.29) is 46.6 Å². The molecule has 3 aliphatic carbocycles. The number of aliphatic hydroxyl groups is 1. The van der Waals surface area contributed by atoms with Gasteiger partial charge < -0.3 is 9.84 Å². The van der Waals surface area contributed by atoms with Gasteiger partial charge in [-0.1, -0.05) is 13.8 Å². The van der Waals surface area contributed by atoms with Crippen molar-refractivity contribution in [3.05, 3.63) is 11.8 Å². The van der Waals surface area contributed by atoms with E-state index in [0.717, 1.165) is 25.7 Å². The van der Waals surface area contributed by atoms with Crippen LogP contribution < -0.4 is 0 Å². The molecule has 2 unspecified atom stereocenters. The lowest BCUT2D eigenvalue weighted by molar-refractivity contribution is -0.153. The van der Waals surface area contributed by atoms with Crippen LogP contribution in [0.4, 0.5) is 0 Å². The van der Waals surface area contributed by atoms with E-state index in [1.54, 1.807) is 0 Å². The van der Waals surface area contributed by atoms with Crippen LogP contribution >= 0.6 is 0 Å². The maximum atomic E-state index is 12.8. The number of nitrogens with zero attached hydrogens (tertiary/aromatic N) is 1. The van der Waals surface area contributed by atoms with Crippen molar-refractivity contribution in [1.82, 2.24) is 0 Å². The first-order valence-corrected chi connectivity index (χ1v) is 9.66. The summed E-state index contributed by atoms with van der Waals surface area (Å²) in [7, 11) is 1.44. The summed E-state index contributed by atoms with van der Waals surface area (Å²) >= 11 is 0. The molecule has 1 N–H and O–H groups in total. The fourth-order valence-electron chi connectivity index (χ4n) is 6.27. The zero-order chi connectivity index (χ0) is 19.1. The summed E-state index contributed by atoms with van der Waals surface area (Å²) in [6, 6.07) is 2.34. The number of ether oxygens (including phenoxy) is 1. The van der Waals surface area contributed by atoms with Crippen LogP contribution in [0.15, 0.2) is 11.8 Å². The summed E-state index contributed by atoms with van der Waals surface area (Å²) in [4.78, 5) is 25.1. The fourth-order valence-corrected chi connectivity index (χ4v) is 6.27. The van der Waals surface area contributed by atoms with Crippen LogP contribution in [0.25, 0.3) is 0 Å². The maximum Gasteiger partial charge on any atom is 0.309 e. The van der Waals surface area contributed by atoms with Gasteiger partial charge in [0.1, 0.15) is 0 Å². The standard InChI is InChI=1S/C21H29NO4/c1-20-10-7-16(21(2)9-6-13(23)12-18(21)24)14(8-11-22)15(20)4-5-17(20)19(25)26-3/h12,14-17,23H,4-10H2,1-3H3/t14?,15-,16?,17+,20-,21+/m0/s1. The summed E-state index contributed by atoms with van der Waals surface area (Å²) in [6.45, 7) is 4.17. The first-order chi connectivity index (χ1) is 12.3. The Morgan fingerprint density at radius 3 is 2.65 bits per heavy atom. The minimum atomic E-state index is -0.529. The molecule has 0 aliphatic heterocycles. The van der Waals surface area contributed by atoms with Gasteiger partial charge in [0.05, 0.1) is 24.9 Å². The number of rotatable bonds is 3. The third-order valence-electron chi connectivity index (χ3n) is 7.83. The number of methoxy groups -OCH3 is 1. The van der Waals surface area contributed by atoms with Crippen LogP contribution in [0, 0.1) is 45.8 Å². The van der Waals surface area contributed by atoms with Crippen molar-refractivity contribution in [2.45, 2.75) is 58.8 Å². The second kappa shape index (κ2) is 6.72. The Hall–Kier alpha value is -1.83. The van der Waals surface area contributed by atoms with E-state index in [1.165, 1.54) is 13.2 Å². The number of allylic oxidation sites excluding steroid dienone is 2. The monoisotopic (exact) mass is 359 g/mol. The molecule has 5 heteroatoms. The Balaban J connectivity index is 1.93. The summed E-state index contributed by atoms with van der Waals surface area (Å²) in [5, 5.41) is 19.2. The second-order valence-corrected chi connectivity index (χ2v) is 8.85. The van der Waals surface area contributed by atoms with Gasteiger partial charge in [-0.2, -0.15) is 5.26 Å². The van der Waals surface area contributed by atoms with Gasteiger partial charge >= 0.3 is 5.97 Å². The van der Waals surface area contributed by atoms with Gasteiger partial charge in [-0.3, -0.25) is 9.59 Å². The zero-order valence-corrected chi connectivity index (χ0v) is 16.0. The van der Waals surface area contributed by atoms with E-state index in [0.29, 0.717) is 19.3 Å². The van der Waals surface area contributed by atoms with Crippen molar-refractivity contribution < 1.29 is 19.4 Å². The van der Waals surface area contributed by atoms with Gasteiger partial charge in [-0.25, -0.2) is 0 Å². The molecule has 0 aromatic rings. The van der Waals surface area contributed by atoms with Gasteiger partial charge in [0.25, 0.3) is 0 Å². The third-order valence-corrected chi connectivity index (χ3v) is 7.83. The van der Waals surface area contributed by atoms with Crippen LogP contribution in [0.2, 0.25) is 0 Å². The number of hydrogen-bond donors (Lipinski definition) is 1. The number of carbonyl (C=O) groups is 2. The molecule has 2 saturated carbocycles. The number of aliphatic hydroxyl groups excluding tert-OH is 1. The number of ketones is 1. The molecule has 0 saturated heterocycles. The van der Waals surface area contributed by atoms with Crippen LogP contribution in [0.3, 0.4) is 0 Å². The van der Waals surface area contributed by atoms with Gasteiger partial charge in [-0.15, -0.1) is 0 Å². The Kier molecular flexibility index (Phi) is 4.90. The van der Waals surface area contributed by atoms with E-state index in [1.807, 2.05) is 6.92 Å². The highest BCUT2D eigenvalue weighted by Gasteiger charge is 2.59. The van der Waals surface area contributed by atoms with Crippen LogP contribution in [-0.2, 0) is 14.3 Å². The lowest BCUT2D eigenvalue weighted by Gasteiger charge is -2.52. The van der Waals surface area contributed by atoms with Crippen molar-refractivity contribution in [2.75, 3.05) is 7.11 Å². The Morgan fingerprint density at radius 1 is 1.31 bits per heavy atom. The minimum Gasteiger partial charge on any atom is -0.512 e. The fraction of sp³-hybridized carbons (Fsp3) is 0.762. The Labute approximate surface area is 155 Å². The average Bonchev–Trinajstić information content (AvgIpc) is 2.96. The Bertz CT molecular complexity index is 678. The third kappa shape index (κ3) is 2.74. The highest BCUT2D eigenvalue weighted by molar-refractivity contribution is 5.96. The molecule has 2 fully saturated rings. The van der Waals surface area contributed by atoms with Crippen molar-refractivity contribution >= 4 is 11.8 Å². The largest absolute Gasteiger partial charge is 0.512 e. The molecule has 5 nitrogen and oxygen atoms in total. The maximum absolute atomic E-state index is 12.8. The quantitative estimate of drug-likeness (QED) is 0.771. The smallest absolute Gasteiger partial charge is 0.309 e. The molecule has 0 aromatic heterocycles. The predicted molar refractivity (Wildman–Crippen MR) is 95.8 cm³/mol. The highest BCUT2D eigenvalue weighted by atomic mass is 16.5. The normalized spacial score (nSPS) is 42.5. The molecule has 0 bridgehead atoms. The summed E-state index contributed by atoms with van der Waals surface area (Å²) < 4.78 is 5.04. The summed E-state index contributed by atoms with van der Waals surface area (Å²) in [5.74, 6) is 0.380. The number of esters is 1. The molecule has 0 radical (unpaired) electrons. The molecular formula is C21H29NO4. The van der Waals surface area contributed by atoms with Crippen LogP contribution in [-0.4, -0.2) is 24.0 Å².